The lowest BCUT2D eigenvalue weighted by atomic mass is 9.86. The second kappa shape index (κ2) is 5.06. The van der Waals surface area contributed by atoms with Crippen molar-refractivity contribution < 1.29 is 0 Å². The lowest BCUT2D eigenvalue weighted by molar-refractivity contribution is 0.589. The van der Waals surface area contributed by atoms with Gasteiger partial charge in [0, 0.05) is 10.00 Å². The molecular weight excluding hydrogens is 224 g/mol. The third-order valence-electron chi connectivity index (χ3n) is 2.75. The van der Waals surface area contributed by atoms with Crippen LogP contribution in [-0.4, -0.2) is 4.75 Å². The van der Waals surface area contributed by atoms with Crippen molar-refractivity contribution in [3.05, 3.63) is 35.4 Å². The highest BCUT2D eigenvalue weighted by Gasteiger charge is 2.19. The monoisotopic (exact) mass is 250 g/mol. The van der Waals surface area contributed by atoms with Gasteiger partial charge in [0.25, 0.3) is 0 Å². The topological polar surface area (TPSA) is 0 Å². The Morgan fingerprint density at radius 2 is 1.59 bits per heavy atom. The lowest BCUT2D eigenvalue weighted by Crippen LogP contribution is -2.13. The number of hydrogen-bond acceptors (Lipinski definition) is 1. The lowest BCUT2D eigenvalue weighted by Gasteiger charge is -2.25. The fourth-order valence-corrected chi connectivity index (χ4v) is 3.20. The van der Waals surface area contributed by atoms with Crippen molar-refractivity contribution in [3.8, 4) is 0 Å². The Labute approximate surface area is 111 Å². The fourth-order valence-electron chi connectivity index (χ4n) is 1.86. The van der Waals surface area contributed by atoms with E-state index in [1.54, 1.807) is 0 Å². The van der Waals surface area contributed by atoms with E-state index in [4.69, 9.17) is 0 Å². The van der Waals surface area contributed by atoms with Crippen molar-refractivity contribution in [2.75, 3.05) is 0 Å². The summed E-state index contributed by atoms with van der Waals surface area (Å²) in [5.74, 6) is 0. The van der Waals surface area contributed by atoms with Gasteiger partial charge in [-0.05, 0) is 23.5 Å². The van der Waals surface area contributed by atoms with Gasteiger partial charge in [-0.3, -0.25) is 0 Å². The van der Waals surface area contributed by atoms with Crippen molar-refractivity contribution in [3.63, 3.8) is 0 Å². The molecule has 0 spiro atoms. The molecule has 0 aliphatic heterocycles. The molecule has 0 unspecified atom stereocenters. The summed E-state index contributed by atoms with van der Waals surface area (Å²) in [6.45, 7) is 16.0. The zero-order valence-corrected chi connectivity index (χ0v) is 13.1. The molecule has 0 nitrogen and oxygen atoms in total. The summed E-state index contributed by atoms with van der Waals surface area (Å²) >= 11 is 2.03. The molecule has 0 heterocycles. The Morgan fingerprint density at radius 1 is 1.00 bits per heavy atom. The Morgan fingerprint density at radius 3 is 2.06 bits per heavy atom. The highest BCUT2D eigenvalue weighted by Crippen LogP contribution is 2.38. The van der Waals surface area contributed by atoms with Gasteiger partial charge in [-0.2, -0.15) is 0 Å². The third-order valence-corrected chi connectivity index (χ3v) is 4.09. The first-order valence-electron chi connectivity index (χ1n) is 6.38. The van der Waals surface area contributed by atoms with Gasteiger partial charge in [0.1, 0.15) is 0 Å². The van der Waals surface area contributed by atoms with Crippen LogP contribution in [0.4, 0.5) is 0 Å². The summed E-state index contributed by atoms with van der Waals surface area (Å²) in [6, 6.07) is 9.04. The molecule has 0 fully saturated rings. The van der Waals surface area contributed by atoms with E-state index < -0.39 is 0 Å². The van der Waals surface area contributed by atoms with E-state index in [0.29, 0.717) is 10.00 Å². The Balaban J connectivity index is 2.92. The molecule has 17 heavy (non-hydrogen) atoms. The summed E-state index contributed by atoms with van der Waals surface area (Å²) in [5, 5.41) is 0.553. The van der Waals surface area contributed by atoms with Crippen LogP contribution in [0.15, 0.2) is 24.3 Å². The standard InChI is InChI=1S/C16H26S/c1-12(17-16(5,6)7)13-9-8-10-14(11-13)15(2,3)4/h8-12H,1-7H3/t12-/m1/s1. The fraction of sp³-hybridized carbons (Fsp3) is 0.625. The van der Waals surface area contributed by atoms with Crippen LogP contribution in [0.5, 0.6) is 0 Å². The van der Waals surface area contributed by atoms with Gasteiger partial charge in [0.2, 0.25) is 0 Å². The number of hydrogen-bond donors (Lipinski definition) is 0. The van der Waals surface area contributed by atoms with Crippen LogP contribution in [-0.2, 0) is 5.41 Å². The molecular formula is C16H26S. The SMILES string of the molecule is C[C@@H](SC(C)(C)C)c1cccc(C(C)(C)C)c1. The second-order valence-electron chi connectivity index (χ2n) is 6.75. The van der Waals surface area contributed by atoms with Crippen LogP contribution in [0, 0.1) is 0 Å². The first-order valence-corrected chi connectivity index (χ1v) is 7.26. The maximum absolute atomic E-state index is 2.36. The zero-order valence-electron chi connectivity index (χ0n) is 12.3. The normalized spacial score (nSPS) is 14.8. The molecule has 1 heteroatoms. The predicted molar refractivity (Wildman–Crippen MR) is 80.9 cm³/mol. The minimum absolute atomic E-state index is 0.238. The van der Waals surface area contributed by atoms with Gasteiger partial charge in [-0.25, -0.2) is 0 Å². The third kappa shape index (κ3) is 4.75. The van der Waals surface area contributed by atoms with Gasteiger partial charge >= 0.3 is 0 Å². The zero-order chi connectivity index (χ0) is 13.3. The van der Waals surface area contributed by atoms with Crippen LogP contribution in [0.25, 0.3) is 0 Å². The molecule has 0 radical (unpaired) electrons. The molecule has 0 aliphatic carbocycles. The van der Waals surface area contributed by atoms with Crippen LogP contribution in [0.3, 0.4) is 0 Å². The van der Waals surface area contributed by atoms with Gasteiger partial charge in [0.15, 0.2) is 0 Å². The van der Waals surface area contributed by atoms with E-state index in [-0.39, 0.29) is 5.41 Å². The molecule has 96 valence electrons. The maximum atomic E-state index is 2.36. The van der Waals surface area contributed by atoms with Crippen molar-refractivity contribution >= 4 is 11.8 Å². The number of thioether (sulfide) groups is 1. The molecule has 1 aromatic carbocycles. The summed E-state index contributed by atoms with van der Waals surface area (Å²) < 4.78 is 0.317. The van der Waals surface area contributed by atoms with Gasteiger partial charge in [-0.15, -0.1) is 11.8 Å². The van der Waals surface area contributed by atoms with E-state index in [2.05, 4.69) is 72.7 Å². The summed E-state index contributed by atoms with van der Waals surface area (Å²) in [4.78, 5) is 0. The molecule has 0 saturated heterocycles. The Bertz CT molecular complexity index is 366. The minimum atomic E-state index is 0.238. The van der Waals surface area contributed by atoms with E-state index >= 15 is 0 Å². The molecule has 0 aromatic heterocycles. The smallest absolute Gasteiger partial charge is 0.0274 e. The summed E-state index contributed by atoms with van der Waals surface area (Å²) in [7, 11) is 0. The number of rotatable bonds is 2. The second-order valence-corrected chi connectivity index (χ2v) is 8.92. The van der Waals surface area contributed by atoms with Crippen molar-refractivity contribution in [2.24, 2.45) is 0 Å². The first kappa shape index (κ1) is 14.6. The van der Waals surface area contributed by atoms with Gasteiger partial charge < -0.3 is 0 Å². The molecule has 0 amide bonds. The van der Waals surface area contributed by atoms with E-state index in [9.17, 15) is 0 Å². The molecule has 1 aromatic rings. The van der Waals surface area contributed by atoms with Crippen molar-refractivity contribution in [1.82, 2.24) is 0 Å². The molecule has 0 bridgehead atoms. The average molecular weight is 250 g/mol. The predicted octanol–water partition coefficient (Wildman–Crippen LogP) is 5.58. The van der Waals surface area contributed by atoms with Gasteiger partial charge in [-0.1, -0.05) is 65.8 Å². The van der Waals surface area contributed by atoms with Crippen LogP contribution in [0.1, 0.15) is 64.8 Å². The highest BCUT2D eigenvalue weighted by molar-refractivity contribution is 8.00. The molecule has 0 saturated carbocycles. The maximum Gasteiger partial charge on any atom is 0.0274 e. The first-order chi connectivity index (χ1) is 7.59. The Kier molecular flexibility index (Phi) is 4.35. The minimum Gasteiger partial charge on any atom is -0.148 e. The Hall–Kier alpha value is -0.430. The average Bonchev–Trinajstić information content (AvgIpc) is 2.14. The van der Waals surface area contributed by atoms with Crippen LogP contribution < -0.4 is 0 Å². The molecule has 0 aliphatic rings. The van der Waals surface area contributed by atoms with E-state index in [0.717, 1.165) is 0 Å². The summed E-state index contributed by atoms with van der Waals surface area (Å²) in [6.07, 6.45) is 0. The number of benzene rings is 1. The molecule has 1 atom stereocenters. The largest absolute Gasteiger partial charge is 0.148 e. The van der Waals surface area contributed by atoms with Crippen molar-refractivity contribution in [1.29, 1.82) is 0 Å². The van der Waals surface area contributed by atoms with Gasteiger partial charge in [0.05, 0.1) is 0 Å². The summed E-state index contributed by atoms with van der Waals surface area (Å²) in [5.41, 5.74) is 3.11. The van der Waals surface area contributed by atoms with Crippen LogP contribution >= 0.6 is 11.8 Å². The van der Waals surface area contributed by atoms with Crippen LogP contribution in [0.2, 0.25) is 0 Å². The van der Waals surface area contributed by atoms with E-state index in [1.165, 1.54) is 11.1 Å². The molecule has 1 rings (SSSR count). The quantitative estimate of drug-likeness (QED) is 0.660. The molecule has 0 N–H and O–H groups in total. The van der Waals surface area contributed by atoms with Crippen molar-refractivity contribution in [2.45, 2.75) is 63.9 Å². The highest BCUT2D eigenvalue weighted by atomic mass is 32.2. The van der Waals surface area contributed by atoms with E-state index in [1.807, 2.05) is 11.8 Å².